The van der Waals surface area contributed by atoms with E-state index in [9.17, 15) is 10.1 Å². The summed E-state index contributed by atoms with van der Waals surface area (Å²) in [5, 5.41) is 13.8. The molecule has 6 heteroatoms. The van der Waals surface area contributed by atoms with E-state index < -0.39 is 4.92 Å². The summed E-state index contributed by atoms with van der Waals surface area (Å²) in [4.78, 5) is 16.7. The molecule has 0 amide bonds. The lowest BCUT2D eigenvalue weighted by Crippen LogP contribution is -2.26. The van der Waals surface area contributed by atoms with Crippen LogP contribution in [0, 0.1) is 17.0 Å². The fourth-order valence-corrected chi connectivity index (χ4v) is 2.18. The van der Waals surface area contributed by atoms with Crippen LogP contribution in [-0.4, -0.2) is 41.0 Å². The van der Waals surface area contributed by atoms with Gasteiger partial charge in [-0.15, -0.1) is 0 Å². The summed E-state index contributed by atoms with van der Waals surface area (Å²) < 4.78 is 0. The quantitative estimate of drug-likeness (QED) is 0.637. The number of nitrogens with zero attached hydrogens (tertiary/aromatic N) is 3. The third-order valence-corrected chi connectivity index (χ3v) is 3.19. The molecule has 1 aromatic heterocycles. The van der Waals surface area contributed by atoms with Gasteiger partial charge in [-0.05, 0) is 38.4 Å². The number of nitro groups is 1. The molecule has 2 heterocycles. The van der Waals surface area contributed by atoms with Gasteiger partial charge in [-0.25, -0.2) is 4.98 Å². The third-order valence-electron chi connectivity index (χ3n) is 3.19. The Labute approximate surface area is 106 Å². The smallest absolute Gasteiger partial charge is 0.287 e. The summed E-state index contributed by atoms with van der Waals surface area (Å²) in [6, 6.07) is 1.55. The van der Waals surface area contributed by atoms with Gasteiger partial charge in [-0.2, -0.15) is 0 Å². The molecule has 0 spiro atoms. The molecule has 0 aliphatic carbocycles. The van der Waals surface area contributed by atoms with E-state index in [0.29, 0.717) is 0 Å². The molecule has 1 saturated heterocycles. The van der Waals surface area contributed by atoms with Gasteiger partial charge in [0, 0.05) is 19.2 Å². The van der Waals surface area contributed by atoms with E-state index in [4.69, 9.17) is 0 Å². The Morgan fingerprint density at radius 2 is 2.22 bits per heavy atom. The molecule has 1 aliphatic rings. The van der Waals surface area contributed by atoms with Gasteiger partial charge < -0.3 is 10.2 Å². The zero-order valence-corrected chi connectivity index (χ0v) is 10.6. The highest BCUT2D eigenvalue weighted by Gasteiger charge is 2.12. The highest BCUT2D eigenvalue weighted by molar-refractivity contribution is 5.48. The molecule has 0 unspecified atom stereocenters. The molecule has 2 rings (SSSR count). The van der Waals surface area contributed by atoms with Gasteiger partial charge in [-0.1, -0.05) is 0 Å². The monoisotopic (exact) mass is 250 g/mol. The maximum atomic E-state index is 10.6. The van der Waals surface area contributed by atoms with E-state index in [-0.39, 0.29) is 5.69 Å². The highest BCUT2D eigenvalue weighted by atomic mass is 16.6. The number of aromatic nitrogens is 1. The lowest BCUT2D eigenvalue weighted by atomic mass is 10.2. The minimum Gasteiger partial charge on any atom is -0.369 e. The Bertz CT molecular complexity index is 430. The van der Waals surface area contributed by atoms with Crippen LogP contribution >= 0.6 is 0 Å². The first-order valence-corrected chi connectivity index (χ1v) is 6.24. The van der Waals surface area contributed by atoms with Gasteiger partial charge >= 0.3 is 0 Å². The van der Waals surface area contributed by atoms with Crippen molar-refractivity contribution in [2.75, 3.05) is 31.5 Å². The second kappa shape index (κ2) is 5.77. The molecule has 0 bridgehead atoms. The topological polar surface area (TPSA) is 71.3 Å². The average Bonchev–Trinajstić information content (AvgIpc) is 2.84. The SMILES string of the molecule is Cc1cc([N+](=O)[O-])cnc1NCCN1CCCC1. The first-order valence-electron chi connectivity index (χ1n) is 6.24. The van der Waals surface area contributed by atoms with Crippen LogP contribution in [0.25, 0.3) is 0 Å². The number of hydrogen-bond acceptors (Lipinski definition) is 5. The molecule has 1 aromatic rings. The average molecular weight is 250 g/mol. The number of hydrogen-bond donors (Lipinski definition) is 1. The number of aryl methyl sites for hydroxylation is 1. The molecule has 1 fully saturated rings. The molecule has 0 atom stereocenters. The summed E-state index contributed by atoms with van der Waals surface area (Å²) in [6.07, 6.45) is 3.87. The number of anilines is 1. The van der Waals surface area contributed by atoms with Crippen LogP contribution in [0.3, 0.4) is 0 Å². The molecule has 1 N–H and O–H groups in total. The van der Waals surface area contributed by atoms with Crippen LogP contribution in [-0.2, 0) is 0 Å². The van der Waals surface area contributed by atoms with Crippen molar-refractivity contribution < 1.29 is 4.92 Å². The van der Waals surface area contributed by atoms with Crippen LogP contribution in [0.2, 0.25) is 0 Å². The van der Waals surface area contributed by atoms with Crippen LogP contribution < -0.4 is 5.32 Å². The van der Waals surface area contributed by atoms with Crippen molar-refractivity contribution in [2.45, 2.75) is 19.8 Å². The number of pyridine rings is 1. The van der Waals surface area contributed by atoms with E-state index >= 15 is 0 Å². The van der Waals surface area contributed by atoms with E-state index in [1.807, 2.05) is 6.92 Å². The predicted molar refractivity (Wildman–Crippen MR) is 69.8 cm³/mol. The normalized spacial score (nSPS) is 15.8. The van der Waals surface area contributed by atoms with Crippen molar-refractivity contribution in [1.82, 2.24) is 9.88 Å². The fraction of sp³-hybridized carbons (Fsp3) is 0.583. The predicted octanol–water partition coefficient (Wildman–Crippen LogP) is 1.81. The Hall–Kier alpha value is -1.69. The molecular weight excluding hydrogens is 232 g/mol. The minimum absolute atomic E-state index is 0.0394. The Morgan fingerprint density at radius 1 is 1.50 bits per heavy atom. The standard InChI is InChI=1S/C12H18N4O2/c1-10-8-11(16(17)18)9-14-12(10)13-4-7-15-5-2-3-6-15/h8-9H,2-7H2,1H3,(H,13,14). The van der Waals surface area contributed by atoms with Gasteiger partial charge in [0.25, 0.3) is 5.69 Å². The largest absolute Gasteiger partial charge is 0.369 e. The summed E-state index contributed by atoms with van der Waals surface area (Å²) in [5.74, 6) is 0.736. The summed E-state index contributed by atoms with van der Waals surface area (Å²) in [6.45, 7) is 6.00. The van der Waals surface area contributed by atoms with E-state index in [1.54, 1.807) is 6.07 Å². The van der Waals surface area contributed by atoms with Gasteiger partial charge in [0.05, 0.1) is 4.92 Å². The van der Waals surface area contributed by atoms with E-state index in [1.165, 1.54) is 32.1 Å². The fourth-order valence-electron chi connectivity index (χ4n) is 2.18. The van der Waals surface area contributed by atoms with Gasteiger partial charge in [-0.3, -0.25) is 10.1 Å². The summed E-state index contributed by atoms with van der Waals surface area (Å²) in [7, 11) is 0. The van der Waals surface area contributed by atoms with Crippen molar-refractivity contribution >= 4 is 11.5 Å². The lowest BCUT2D eigenvalue weighted by Gasteiger charge is -2.15. The summed E-state index contributed by atoms with van der Waals surface area (Å²) in [5.41, 5.74) is 0.850. The van der Waals surface area contributed by atoms with Crippen LogP contribution in [0.15, 0.2) is 12.3 Å². The highest BCUT2D eigenvalue weighted by Crippen LogP contribution is 2.17. The van der Waals surface area contributed by atoms with E-state index in [0.717, 1.165) is 24.5 Å². The van der Waals surface area contributed by atoms with Crippen LogP contribution in [0.1, 0.15) is 18.4 Å². The van der Waals surface area contributed by atoms with Crippen molar-refractivity contribution in [2.24, 2.45) is 0 Å². The van der Waals surface area contributed by atoms with Gasteiger partial charge in [0.1, 0.15) is 12.0 Å². The minimum atomic E-state index is -0.423. The molecule has 0 aromatic carbocycles. The number of likely N-dealkylation sites (tertiary alicyclic amines) is 1. The van der Waals surface area contributed by atoms with Gasteiger partial charge in [0.15, 0.2) is 0 Å². The maximum Gasteiger partial charge on any atom is 0.287 e. The van der Waals surface area contributed by atoms with Crippen molar-refractivity contribution in [3.8, 4) is 0 Å². The lowest BCUT2D eigenvalue weighted by molar-refractivity contribution is -0.385. The number of nitrogens with one attached hydrogen (secondary N) is 1. The van der Waals surface area contributed by atoms with Crippen LogP contribution in [0.5, 0.6) is 0 Å². The first-order chi connectivity index (χ1) is 8.66. The molecule has 6 nitrogen and oxygen atoms in total. The molecular formula is C12H18N4O2. The third kappa shape index (κ3) is 3.16. The molecule has 0 radical (unpaired) electrons. The molecule has 0 saturated carbocycles. The molecule has 98 valence electrons. The second-order valence-corrected chi connectivity index (χ2v) is 4.59. The van der Waals surface area contributed by atoms with E-state index in [2.05, 4.69) is 15.2 Å². The van der Waals surface area contributed by atoms with Crippen molar-refractivity contribution in [3.05, 3.63) is 27.9 Å². The maximum absolute atomic E-state index is 10.6. The zero-order valence-electron chi connectivity index (χ0n) is 10.6. The summed E-state index contributed by atoms with van der Waals surface area (Å²) >= 11 is 0. The Morgan fingerprint density at radius 3 is 2.83 bits per heavy atom. The molecule has 1 aliphatic heterocycles. The molecule has 18 heavy (non-hydrogen) atoms. The van der Waals surface area contributed by atoms with Crippen LogP contribution in [0.4, 0.5) is 11.5 Å². The second-order valence-electron chi connectivity index (χ2n) is 4.59. The van der Waals surface area contributed by atoms with Gasteiger partial charge in [0.2, 0.25) is 0 Å². The Kier molecular flexibility index (Phi) is 4.09. The Balaban J connectivity index is 1.87. The zero-order chi connectivity index (χ0) is 13.0. The van der Waals surface area contributed by atoms with Crippen molar-refractivity contribution in [3.63, 3.8) is 0 Å². The first kappa shape index (κ1) is 12.8. The van der Waals surface area contributed by atoms with Crippen molar-refractivity contribution in [1.29, 1.82) is 0 Å². The number of rotatable bonds is 5.